The highest BCUT2D eigenvalue weighted by molar-refractivity contribution is 5.77. The maximum absolute atomic E-state index is 12.0. The lowest BCUT2D eigenvalue weighted by molar-refractivity contribution is -0.141. The van der Waals surface area contributed by atoms with Gasteiger partial charge in [0, 0.05) is 19.5 Å². The maximum Gasteiger partial charge on any atom is 0.223 e. The van der Waals surface area contributed by atoms with Crippen molar-refractivity contribution in [2.24, 2.45) is 11.7 Å². The molecule has 0 bridgehead atoms. The second kappa shape index (κ2) is 4.94. The Hall–Kier alpha value is -0.610. The molecule has 15 heavy (non-hydrogen) atoms. The van der Waals surface area contributed by atoms with Crippen molar-refractivity contribution in [1.29, 1.82) is 0 Å². The van der Waals surface area contributed by atoms with E-state index in [-0.39, 0.29) is 11.9 Å². The van der Waals surface area contributed by atoms with E-state index in [1.807, 2.05) is 4.90 Å². The standard InChI is InChI=1S/C11H20N2O2/c12-7-10-8-15-5-4-13(10)11(14)6-9-2-1-3-9/h9-10H,1-8,12H2. The van der Waals surface area contributed by atoms with Gasteiger partial charge in [0.05, 0.1) is 19.3 Å². The van der Waals surface area contributed by atoms with E-state index in [0.29, 0.717) is 32.2 Å². The zero-order valence-electron chi connectivity index (χ0n) is 9.15. The number of amides is 1. The van der Waals surface area contributed by atoms with E-state index in [0.717, 1.165) is 6.42 Å². The highest BCUT2D eigenvalue weighted by Gasteiger charge is 2.29. The minimum atomic E-state index is 0.103. The van der Waals surface area contributed by atoms with Crippen molar-refractivity contribution in [2.45, 2.75) is 31.7 Å². The van der Waals surface area contributed by atoms with Gasteiger partial charge in [0.2, 0.25) is 5.91 Å². The van der Waals surface area contributed by atoms with Crippen LogP contribution in [0.5, 0.6) is 0 Å². The summed E-state index contributed by atoms with van der Waals surface area (Å²) < 4.78 is 5.32. The Morgan fingerprint density at radius 3 is 2.87 bits per heavy atom. The Balaban J connectivity index is 1.85. The number of carbonyl (C=O) groups is 1. The first kappa shape index (κ1) is 10.9. The van der Waals surface area contributed by atoms with Crippen LogP contribution < -0.4 is 5.73 Å². The summed E-state index contributed by atoms with van der Waals surface area (Å²) in [7, 11) is 0. The summed E-state index contributed by atoms with van der Waals surface area (Å²) in [4.78, 5) is 13.9. The fraction of sp³-hybridized carbons (Fsp3) is 0.909. The number of rotatable bonds is 3. The molecule has 2 rings (SSSR count). The molecule has 1 aliphatic carbocycles. The normalized spacial score (nSPS) is 27.5. The van der Waals surface area contributed by atoms with Gasteiger partial charge in [-0.2, -0.15) is 0 Å². The van der Waals surface area contributed by atoms with Crippen molar-refractivity contribution in [1.82, 2.24) is 4.90 Å². The first-order valence-electron chi connectivity index (χ1n) is 5.88. The predicted octanol–water partition coefficient (Wildman–Crippen LogP) is 0.363. The molecule has 0 aromatic carbocycles. The Kier molecular flexibility index (Phi) is 3.59. The maximum atomic E-state index is 12.0. The first-order chi connectivity index (χ1) is 7.31. The Bertz CT molecular complexity index is 229. The van der Waals surface area contributed by atoms with Gasteiger partial charge in [-0.3, -0.25) is 4.79 Å². The molecule has 1 aliphatic heterocycles. The number of nitrogens with zero attached hydrogens (tertiary/aromatic N) is 1. The number of hydrogen-bond acceptors (Lipinski definition) is 3. The average Bonchev–Trinajstić information content (AvgIpc) is 2.23. The summed E-state index contributed by atoms with van der Waals surface area (Å²) >= 11 is 0. The summed E-state index contributed by atoms with van der Waals surface area (Å²) in [5.74, 6) is 0.914. The van der Waals surface area contributed by atoms with Crippen LogP contribution in [0.1, 0.15) is 25.7 Å². The van der Waals surface area contributed by atoms with Crippen LogP contribution in [0.15, 0.2) is 0 Å². The van der Waals surface area contributed by atoms with Gasteiger partial charge in [-0.25, -0.2) is 0 Å². The number of morpholine rings is 1. The summed E-state index contributed by atoms with van der Waals surface area (Å²) in [5.41, 5.74) is 5.63. The second-order valence-electron chi connectivity index (χ2n) is 4.55. The molecule has 1 atom stereocenters. The van der Waals surface area contributed by atoms with Gasteiger partial charge in [-0.15, -0.1) is 0 Å². The third-order valence-corrected chi connectivity index (χ3v) is 3.51. The quantitative estimate of drug-likeness (QED) is 0.735. The van der Waals surface area contributed by atoms with Gasteiger partial charge in [-0.05, 0) is 18.8 Å². The Morgan fingerprint density at radius 2 is 2.27 bits per heavy atom. The van der Waals surface area contributed by atoms with Crippen molar-refractivity contribution in [3.05, 3.63) is 0 Å². The van der Waals surface area contributed by atoms with E-state index in [1.54, 1.807) is 0 Å². The molecule has 0 radical (unpaired) electrons. The SMILES string of the molecule is NCC1COCCN1C(=O)CC1CCC1. The second-order valence-corrected chi connectivity index (χ2v) is 4.55. The lowest BCUT2D eigenvalue weighted by Gasteiger charge is -2.36. The molecule has 2 N–H and O–H groups in total. The van der Waals surface area contributed by atoms with Crippen LogP contribution in [-0.2, 0) is 9.53 Å². The molecular formula is C11H20N2O2. The van der Waals surface area contributed by atoms with E-state index in [1.165, 1.54) is 19.3 Å². The molecule has 86 valence electrons. The van der Waals surface area contributed by atoms with Crippen LogP contribution in [-0.4, -0.2) is 43.2 Å². The van der Waals surface area contributed by atoms with E-state index in [4.69, 9.17) is 10.5 Å². The number of hydrogen-bond donors (Lipinski definition) is 1. The molecule has 1 saturated carbocycles. The molecule has 2 fully saturated rings. The van der Waals surface area contributed by atoms with Crippen molar-refractivity contribution < 1.29 is 9.53 Å². The number of carbonyl (C=O) groups excluding carboxylic acids is 1. The smallest absolute Gasteiger partial charge is 0.223 e. The Morgan fingerprint density at radius 1 is 1.47 bits per heavy atom. The molecular weight excluding hydrogens is 192 g/mol. The van der Waals surface area contributed by atoms with Crippen LogP contribution in [0.3, 0.4) is 0 Å². The minimum absolute atomic E-state index is 0.103. The van der Waals surface area contributed by atoms with Gasteiger partial charge < -0.3 is 15.4 Å². The molecule has 2 aliphatic rings. The minimum Gasteiger partial charge on any atom is -0.377 e. The van der Waals surface area contributed by atoms with Crippen LogP contribution in [0.4, 0.5) is 0 Å². The van der Waals surface area contributed by atoms with E-state index < -0.39 is 0 Å². The van der Waals surface area contributed by atoms with Crippen molar-refractivity contribution in [2.75, 3.05) is 26.3 Å². The highest BCUT2D eigenvalue weighted by atomic mass is 16.5. The van der Waals surface area contributed by atoms with E-state index in [9.17, 15) is 4.79 Å². The first-order valence-corrected chi connectivity index (χ1v) is 5.88. The topological polar surface area (TPSA) is 55.6 Å². The summed E-state index contributed by atoms with van der Waals surface area (Å²) in [6, 6.07) is 0.103. The van der Waals surface area contributed by atoms with Gasteiger partial charge in [0.25, 0.3) is 0 Å². The third-order valence-electron chi connectivity index (χ3n) is 3.51. The summed E-state index contributed by atoms with van der Waals surface area (Å²) in [6.07, 6.45) is 4.46. The molecule has 4 heteroatoms. The fourth-order valence-electron chi connectivity index (χ4n) is 2.24. The van der Waals surface area contributed by atoms with Gasteiger partial charge in [0.1, 0.15) is 0 Å². The molecule has 1 heterocycles. The lowest BCUT2D eigenvalue weighted by Crippen LogP contribution is -2.52. The van der Waals surface area contributed by atoms with E-state index in [2.05, 4.69) is 0 Å². The van der Waals surface area contributed by atoms with Gasteiger partial charge in [0.15, 0.2) is 0 Å². The van der Waals surface area contributed by atoms with Crippen LogP contribution in [0.25, 0.3) is 0 Å². The predicted molar refractivity (Wildman–Crippen MR) is 57.3 cm³/mol. The summed E-state index contributed by atoms with van der Waals surface area (Å²) in [5, 5.41) is 0. The molecule has 1 amide bonds. The molecule has 1 saturated heterocycles. The van der Waals surface area contributed by atoms with Crippen LogP contribution in [0, 0.1) is 5.92 Å². The van der Waals surface area contributed by atoms with Gasteiger partial charge in [-0.1, -0.05) is 6.42 Å². The highest BCUT2D eigenvalue weighted by Crippen LogP contribution is 2.30. The average molecular weight is 212 g/mol. The van der Waals surface area contributed by atoms with Crippen LogP contribution >= 0.6 is 0 Å². The number of nitrogens with two attached hydrogens (primary N) is 1. The van der Waals surface area contributed by atoms with Gasteiger partial charge >= 0.3 is 0 Å². The summed E-state index contributed by atoms with van der Waals surface area (Å²) in [6.45, 7) is 2.49. The zero-order chi connectivity index (χ0) is 10.7. The van der Waals surface area contributed by atoms with Crippen molar-refractivity contribution in [3.8, 4) is 0 Å². The largest absolute Gasteiger partial charge is 0.377 e. The molecule has 0 aromatic heterocycles. The zero-order valence-corrected chi connectivity index (χ0v) is 9.15. The molecule has 1 unspecified atom stereocenters. The Labute approximate surface area is 90.8 Å². The van der Waals surface area contributed by atoms with Crippen LogP contribution in [0.2, 0.25) is 0 Å². The third kappa shape index (κ3) is 2.49. The number of ether oxygens (including phenoxy) is 1. The molecule has 0 aromatic rings. The fourth-order valence-corrected chi connectivity index (χ4v) is 2.24. The monoisotopic (exact) mass is 212 g/mol. The lowest BCUT2D eigenvalue weighted by atomic mass is 9.82. The van der Waals surface area contributed by atoms with Crippen molar-refractivity contribution >= 4 is 5.91 Å². The van der Waals surface area contributed by atoms with Crippen molar-refractivity contribution in [3.63, 3.8) is 0 Å². The molecule has 4 nitrogen and oxygen atoms in total. The molecule has 0 spiro atoms. The van der Waals surface area contributed by atoms with E-state index >= 15 is 0 Å².